The van der Waals surface area contributed by atoms with E-state index >= 15 is 0 Å². The Morgan fingerprint density at radius 2 is 1.76 bits per heavy atom. The summed E-state index contributed by atoms with van der Waals surface area (Å²) in [5.41, 5.74) is -6.23. The number of benzene rings is 1. The van der Waals surface area contributed by atoms with Crippen LogP contribution >= 0.6 is 0 Å². The van der Waals surface area contributed by atoms with Crippen molar-refractivity contribution in [3.8, 4) is 0 Å². The molecule has 4 nitrogen and oxygen atoms in total. The average Bonchev–Trinajstić information content (AvgIpc) is 2.87. The molecule has 2 rings (SSSR count). The van der Waals surface area contributed by atoms with Crippen molar-refractivity contribution in [2.45, 2.75) is 41.6 Å². The first kappa shape index (κ1) is 16.1. The van der Waals surface area contributed by atoms with E-state index in [0.29, 0.717) is 12.8 Å². The van der Waals surface area contributed by atoms with Gasteiger partial charge >= 0.3 is 5.51 Å². The summed E-state index contributed by atoms with van der Waals surface area (Å²) in [6.07, 6.45) is 2.84. The Balaban J connectivity index is 2.43. The number of nitrogens with one attached hydrogen (secondary N) is 1. The molecule has 1 saturated carbocycles. The fourth-order valence-electron chi connectivity index (χ4n) is 2.59. The third-order valence-corrected chi connectivity index (χ3v) is 5.29. The second-order valence-corrected chi connectivity index (χ2v) is 7.13. The van der Waals surface area contributed by atoms with Crippen LogP contribution < -0.4 is 5.32 Å². The lowest BCUT2D eigenvalue weighted by Crippen LogP contribution is -2.39. The largest absolute Gasteiger partial charge is 0.501 e. The molecule has 0 radical (unpaired) electrons. The van der Waals surface area contributed by atoms with E-state index in [9.17, 15) is 26.7 Å². The van der Waals surface area contributed by atoms with Gasteiger partial charge in [-0.15, -0.1) is 0 Å². The van der Waals surface area contributed by atoms with Gasteiger partial charge in [-0.1, -0.05) is 25.0 Å². The predicted molar refractivity (Wildman–Crippen MR) is 71.6 cm³/mol. The van der Waals surface area contributed by atoms with Crippen LogP contribution in [0, 0.1) is 0 Å². The highest BCUT2D eigenvalue weighted by molar-refractivity contribution is 7.92. The van der Waals surface area contributed by atoms with E-state index in [4.69, 9.17) is 0 Å². The van der Waals surface area contributed by atoms with Gasteiger partial charge in [-0.2, -0.15) is 13.2 Å². The van der Waals surface area contributed by atoms with Crippen LogP contribution in [0.4, 0.5) is 18.9 Å². The van der Waals surface area contributed by atoms with Crippen molar-refractivity contribution in [1.82, 2.24) is 0 Å². The maximum Gasteiger partial charge on any atom is 0.501 e. The molecule has 0 spiro atoms. The average molecular weight is 323 g/mol. The Bertz CT molecular complexity index is 607. The van der Waals surface area contributed by atoms with Crippen molar-refractivity contribution < 1.29 is 26.7 Å². The Morgan fingerprint density at radius 1 is 1.19 bits per heavy atom. The van der Waals surface area contributed by atoms with Gasteiger partial charge in [0.25, 0.3) is 9.84 Å². The number of hydrogen-bond donors (Lipinski definition) is 2. The van der Waals surface area contributed by atoms with Gasteiger partial charge in [0.05, 0.1) is 22.7 Å². The van der Waals surface area contributed by atoms with Gasteiger partial charge in [0.1, 0.15) is 0 Å². The molecule has 0 saturated heterocycles. The number of sulfone groups is 1. The number of para-hydroxylation sites is 1. The molecule has 0 unspecified atom stereocenters. The van der Waals surface area contributed by atoms with E-state index in [0.717, 1.165) is 18.9 Å². The predicted octanol–water partition coefficient (Wildman–Crippen LogP) is 2.70. The van der Waals surface area contributed by atoms with Gasteiger partial charge < -0.3 is 10.4 Å². The first-order valence-electron chi connectivity index (χ1n) is 6.51. The molecule has 0 bridgehead atoms. The van der Waals surface area contributed by atoms with Crippen LogP contribution in [-0.4, -0.2) is 31.2 Å². The minimum Gasteiger partial charge on any atom is -0.394 e. The lowest BCUT2D eigenvalue weighted by atomic mass is 9.98. The van der Waals surface area contributed by atoms with Gasteiger partial charge in [-0.3, -0.25) is 0 Å². The van der Waals surface area contributed by atoms with Gasteiger partial charge in [0, 0.05) is 0 Å². The molecule has 0 heterocycles. The van der Waals surface area contributed by atoms with Crippen molar-refractivity contribution in [3.05, 3.63) is 24.3 Å². The molecule has 1 aliphatic carbocycles. The molecule has 0 amide bonds. The van der Waals surface area contributed by atoms with E-state index in [1.54, 1.807) is 0 Å². The highest BCUT2D eigenvalue weighted by atomic mass is 32.2. The number of aliphatic hydroxyl groups excluding tert-OH is 1. The van der Waals surface area contributed by atoms with Crippen LogP contribution in [0.2, 0.25) is 0 Å². The number of hydrogen-bond acceptors (Lipinski definition) is 4. The number of alkyl halides is 3. The van der Waals surface area contributed by atoms with Gasteiger partial charge in [-0.05, 0) is 25.0 Å². The zero-order valence-corrected chi connectivity index (χ0v) is 12.0. The molecule has 21 heavy (non-hydrogen) atoms. The Kier molecular flexibility index (Phi) is 4.21. The third kappa shape index (κ3) is 3.01. The zero-order chi connectivity index (χ0) is 15.7. The van der Waals surface area contributed by atoms with Crippen molar-refractivity contribution in [1.29, 1.82) is 0 Å². The molecule has 1 fully saturated rings. The van der Waals surface area contributed by atoms with E-state index in [1.165, 1.54) is 18.2 Å². The molecule has 2 N–H and O–H groups in total. The molecule has 1 aromatic carbocycles. The Hall–Kier alpha value is -1.28. The Morgan fingerprint density at radius 3 is 2.29 bits per heavy atom. The second kappa shape index (κ2) is 5.49. The lowest BCUT2D eigenvalue weighted by Gasteiger charge is -2.30. The monoisotopic (exact) mass is 323 g/mol. The summed E-state index contributed by atoms with van der Waals surface area (Å²) in [6.45, 7) is -0.257. The maximum atomic E-state index is 12.7. The maximum absolute atomic E-state index is 12.7. The molecule has 8 heteroatoms. The summed E-state index contributed by atoms with van der Waals surface area (Å²) in [5, 5.41) is 12.3. The molecule has 118 valence electrons. The van der Waals surface area contributed by atoms with E-state index in [-0.39, 0.29) is 12.3 Å². The van der Waals surface area contributed by atoms with Gasteiger partial charge in [0.15, 0.2) is 0 Å². The minimum atomic E-state index is -5.43. The van der Waals surface area contributed by atoms with Gasteiger partial charge in [-0.25, -0.2) is 8.42 Å². The number of halogens is 3. The molecule has 0 aliphatic heterocycles. The van der Waals surface area contributed by atoms with Crippen molar-refractivity contribution >= 4 is 15.5 Å². The summed E-state index contributed by atoms with van der Waals surface area (Å²) in [7, 11) is -5.43. The molecule has 1 aliphatic rings. The SMILES string of the molecule is O=S(=O)(c1ccccc1NC1(CO)CCCC1)C(F)(F)F. The first-order valence-corrected chi connectivity index (χ1v) is 8.00. The summed E-state index contributed by atoms with van der Waals surface area (Å²) in [5.74, 6) is 0. The molecule has 0 atom stereocenters. The first-order chi connectivity index (χ1) is 9.72. The van der Waals surface area contributed by atoms with Crippen molar-refractivity contribution in [3.63, 3.8) is 0 Å². The highest BCUT2D eigenvalue weighted by Crippen LogP contribution is 2.38. The molecular weight excluding hydrogens is 307 g/mol. The normalized spacial score (nSPS) is 18.7. The zero-order valence-electron chi connectivity index (χ0n) is 11.2. The summed E-state index contributed by atoms with van der Waals surface area (Å²) >= 11 is 0. The summed E-state index contributed by atoms with van der Waals surface area (Å²) in [6, 6.07) is 4.90. The topological polar surface area (TPSA) is 66.4 Å². The van der Waals surface area contributed by atoms with Gasteiger partial charge in [0.2, 0.25) is 0 Å². The van der Waals surface area contributed by atoms with Crippen LogP contribution in [0.1, 0.15) is 25.7 Å². The van der Waals surface area contributed by atoms with Crippen molar-refractivity contribution in [2.75, 3.05) is 11.9 Å². The molecule has 1 aromatic rings. The van der Waals surface area contributed by atoms with E-state index in [2.05, 4.69) is 5.32 Å². The second-order valence-electron chi connectivity index (χ2n) is 5.22. The fraction of sp³-hybridized carbons (Fsp3) is 0.538. The van der Waals surface area contributed by atoms with E-state index in [1.807, 2.05) is 0 Å². The number of rotatable bonds is 4. The highest BCUT2D eigenvalue weighted by Gasteiger charge is 2.48. The molecular formula is C13H16F3NO3S. The Labute approximate surface area is 120 Å². The number of anilines is 1. The van der Waals surface area contributed by atoms with Crippen LogP contribution in [0.15, 0.2) is 29.2 Å². The smallest absolute Gasteiger partial charge is 0.394 e. The quantitative estimate of drug-likeness (QED) is 0.894. The van der Waals surface area contributed by atoms with E-state index < -0.39 is 25.8 Å². The molecule has 0 aromatic heterocycles. The van der Waals surface area contributed by atoms with Crippen LogP contribution in [-0.2, 0) is 9.84 Å². The fourth-order valence-corrected chi connectivity index (χ4v) is 3.50. The minimum absolute atomic E-state index is 0.120. The summed E-state index contributed by atoms with van der Waals surface area (Å²) < 4.78 is 61.4. The standard InChI is InChI=1S/C13H16F3NO3S/c14-13(15,16)21(19,20)11-6-2-1-5-10(11)17-12(9-18)7-3-4-8-12/h1-2,5-6,17-18H,3-4,7-9H2. The van der Waals surface area contributed by atoms with Crippen LogP contribution in [0.25, 0.3) is 0 Å². The van der Waals surface area contributed by atoms with Crippen LogP contribution in [0.5, 0.6) is 0 Å². The van der Waals surface area contributed by atoms with Crippen molar-refractivity contribution in [2.24, 2.45) is 0 Å². The lowest BCUT2D eigenvalue weighted by molar-refractivity contribution is -0.0435. The third-order valence-electron chi connectivity index (χ3n) is 3.74. The number of aliphatic hydroxyl groups is 1. The summed E-state index contributed by atoms with van der Waals surface area (Å²) in [4.78, 5) is -0.808. The van der Waals surface area contributed by atoms with Crippen LogP contribution in [0.3, 0.4) is 0 Å².